The molecule has 234 valence electrons. The van der Waals surface area contributed by atoms with Crippen LogP contribution in [0.3, 0.4) is 0 Å². The van der Waals surface area contributed by atoms with Gasteiger partial charge in [-0.05, 0) is 68.3 Å². The molecular formula is C32H35ClF3N4O4+. The molecule has 1 fully saturated rings. The quantitative estimate of drug-likeness (QED) is 0.176. The number of aromatic nitrogens is 1. The highest BCUT2D eigenvalue weighted by atomic mass is 35.5. The topological polar surface area (TPSA) is 83.0 Å². The van der Waals surface area contributed by atoms with Gasteiger partial charge in [0.25, 0.3) is 0 Å². The van der Waals surface area contributed by atoms with Crippen LogP contribution in [0.4, 0.5) is 34.1 Å². The zero-order chi connectivity index (χ0) is 32.0. The molecule has 12 heteroatoms. The largest absolute Gasteiger partial charge is 0.511 e. The number of pyridine rings is 1. The Bertz CT molecular complexity index is 1570. The third kappa shape index (κ3) is 6.08. The first-order chi connectivity index (χ1) is 20.7. The third-order valence-electron chi connectivity index (χ3n) is 8.99. The van der Waals surface area contributed by atoms with Crippen molar-refractivity contribution in [3.63, 3.8) is 0 Å². The molecule has 8 nitrogen and oxygen atoms in total. The lowest BCUT2D eigenvalue weighted by Crippen LogP contribution is -2.64. The van der Waals surface area contributed by atoms with Gasteiger partial charge >= 0.3 is 18.4 Å². The maximum Gasteiger partial charge on any atom is 0.511 e. The van der Waals surface area contributed by atoms with Crippen LogP contribution in [-0.2, 0) is 12.6 Å². The Labute approximate surface area is 259 Å². The van der Waals surface area contributed by atoms with Crippen LogP contribution >= 0.6 is 11.6 Å². The Morgan fingerprint density at radius 3 is 2.32 bits per heavy atom. The van der Waals surface area contributed by atoms with E-state index in [1.165, 1.54) is 19.2 Å². The van der Waals surface area contributed by atoms with Crippen LogP contribution in [-0.4, -0.2) is 60.0 Å². The van der Waals surface area contributed by atoms with E-state index in [1.807, 2.05) is 26.0 Å². The smallest absolute Gasteiger partial charge is 0.449 e. The van der Waals surface area contributed by atoms with Gasteiger partial charge in [-0.1, -0.05) is 17.7 Å². The standard InChI is InChI=1S/C32H34ClF3N4O4/c1-19-15-23(16-20(2)37-19)39-13-11-24(12-14-39)40(4,29-10-6-21-5-8-25(18-26(21)29)44-31(42)43)30(41)38(3)28-9-7-22(33)17-27(28)32(34,35)36/h5,7-9,15-18,24,29H,6,10-14H2,1-4H3/p+1. The van der Waals surface area contributed by atoms with Gasteiger partial charge in [0.15, 0.2) is 0 Å². The molecule has 2 aromatic carbocycles. The van der Waals surface area contributed by atoms with Crippen molar-refractivity contribution in [1.29, 1.82) is 0 Å². The van der Waals surface area contributed by atoms with E-state index in [2.05, 4.69) is 9.88 Å². The number of quaternary nitrogens is 1. The number of carbonyl (C=O) groups is 2. The van der Waals surface area contributed by atoms with Gasteiger partial charge in [-0.2, -0.15) is 13.2 Å². The van der Waals surface area contributed by atoms with E-state index >= 15 is 0 Å². The normalized spacial score (nSPS) is 18.5. The van der Waals surface area contributed by atoms with Crippen LogP contribution in [0.1, 0.15) is 53.4 Å². The van der Waals surface area contributed by atoms with Gasteiger partial charge < -0.3 is 14.7 Å². The minimum absolute atomic E-state index is 0.0798. The number of nitrogens with zero attached hydrogens (tertiary/aromatic N) is 4. The second-order valence-corrected chi connectivity index (χ2v) is 12.2. The first-order valence-corrected chi connectivity index (χ1v) is 14.8. The summed E-state index contributed by atoms with van der Waals surface area (Å²) in [4.78, 5) is 33.8. The molecule has 2 atom stereocenters. The molecule has 2 heterocycles. The highest BCUT2D eigenvalue weighted by Gasteiger charge is 2.52. The van der Waals surface area contributed by atoms with Crippen molar-refractivity contribution < 1.29 is 37.1 Å². The van der Waals surface area contributed by atoms with Crippen LogP contribution in [0.25, 0.3) is 0 Å². The Hall–Kier alpha value is -3.83. The number of rotatable bonds is 5. The van der Waals surface area contributed by atoms with Gasteiger partial charge in [-0.25, -0.2) is 14.1 Å². The molecule has 2 amide bonds. The monoisotopic (exact) mass is 631 g/mol. The summed E-state index contributed by atoms with van der Waals surface area (Å²) in [6.45, 7) is 5.18. The summed E-state index contributed by atoms with van der Waals surface area (Å²) in [5, 5.41) is 9.12. The Morgan fingerprint density at radius 2 is 1.70 bits per heavy atom. The number of aryl methyl sites for hydroxylation is 3. The van der Waals surface area contributed by atoms with E-state index in [9.17, 15) is 27.9 Å². The lowest BCUT2D eigenvalue weighted by Gasteiger charge is -2.48. The molecule has 0 bridgehead atoms. The molecule has 0 spiro atoms. The zero-order valence-corrected chi connectivity index (χ0v) is 25.7. The number of benzene rings is 2. The maximum absolute atomic E-state index is 14.7. The number of amides is 2. The first-order valence-electron chi connectivity index (χ1n) is 14.4. The fourth-order valence-corrected chi connectivity index (χ4v) is 7.11. The average Bonchev–Trinajstić information content (AvgIpc) is 3.38. The van der Waals surface area contributed by atoms with Gasteiger partial charge in [0, 0.05) is 67.1 Å². The number of halogens is 4. The lowest BCUT2D eigenvalue weighted by atomic mass is 9.95. The van der Waals surface area contributed by atoms with Crippen molar-refractivity contribution in [2.75, 3.05) is 37.0 Å². The zero-order valence-electron chi connectivity index (χ0n) is 25.0. The lowest BCUT2D eigenvalue weighted by molar-refractivity contribution is -0.887. The second kappa shape index (κ2) is 11.9. The molecule has 1 N–H and O–H groups in total. The molecule has 2 unspecified atom stereocenters. The van der Waals surface area contributed by atoms with Gasteiger partial charge in [0.05, 0.1) is 18.3 Å². The summed E-state index contributed by atoms with van der Waals surface area (Å²) in [5.74, 6) is 0.130. The van der Waals surface area contributed by atoms with E-state index in [1.54, 1.807) is 25.2 Å². The summed E-state index contributed by atoms with van der Waals surface area (Å²) in [7, 11) is 3.17. The molecule has 3 aromatic rings. The van der Waals surface area contributed by atoms with Crippen molar-refractivity contribution in [3.8, 4) is 5.75 Å². The number of carboxylic acid groups (broad SMARTS) is 1. The Balaban J connectivity index is 1.54. The van der Waals surface area contributed by atoms with E-state index < -0.39 is 30.0 Å². The molecule has 1 aliphatic heterocycles. The van der Waals surface area contributed by atoms with E-state index in [-0.39, 0.29) is 27.0 Å². The minimum Gasteiger partial charge on any atom is -0.449 e. The van der Waals surface area contributed by atoms with Crippen molar-refractivity contribution in [2.24, 2.45) is 0 Å². The molecule has 44 heavy (non-hydrogen) atoms. The van der Waals surface area contributed by atoms with Crippen molar-refractivity contribution in [2.45, 2.75) is 57.8 Å². The molecule has 0 saturated carbocycles. The molecule has 1 aliphatic carbocycles. The van der Waals surface area contributed by atoms with Crippen LogP contribution in [0, 0.1) is 13.8 Å². The fourth-order valence-electron chi connectivity index (χ4n) is 6.93. The summed E-state index contributed by atoms with van der Waals surface area (Å²) < 4.78 is 47.2. The third-order valence-corrected chi connectivity index (χ3v) is 9.23. The van der Waals surface area contributed by atoms with Gasteiger partial charge in [-0.3, -0.25) is 9.88 Å². The highest BCUT2D eigenvalue weighted by molar-refractivity contribution is 6.30. The van der Waals surface area contributed by atoms with Crippen molar-refractivity contribution in [1.82, 2.24) is 4.98 Å². The van der Waals surface area contributed by atoms with Crippen LogP contribution in [0.2, 0.25) is 5.02 Å². The summed E-state index contributed by atoms with van der Waals surface area (Å²) >= 11 is 5.94. The van der Waals surface area contributed by atoms with Crippen LogP contribution in [0.15, 0.2) is 48.5 Å². The average molecular weight is 632 g/mol. The molecule has 2 aliphatic rings. The van der Waals surface area contributed by atoms with Crippen LogP contribution in [0.5, 0.6) is 5.75 Å². The number of hydrogen-bond donors (Lipinski definition) is 1. The molecule has 1 aromatic heterocycles. The Morgan fingerprint density at radius 1 is 1.05 bits per heavy atom. The minimum atomic E-state index is -4.73. The maximum atomic E-state index is 14.7. The molecule has 0 radical (unpaired) electrons. The summed E-state index contributed by atoms with van der Waals surface area (Å²) in [6, 6.07) is 11.3. The Kier molecular flexibility index (Phi) is 8.56. The first kappa shape index (κ1) is 31.6. The van der Waals surface area contributed by atoms with Gasteiger partial charge in [0.2, 0.25) is 0 Å². The second-order valence-electron chi connectivity index (χ2n) is 11.8. The van der Waals surface area contributed by atoms with E-state index in [0.29, 0.717) is 38.8 Å². The number of ether oxygens (including phenoxy) is 1. The highest BCUT2D eigenvalue weighted by Crippen LogP contribution is 2.46. The number of fused-ring (bicyclic) bond motifs is 1. The number of urea groups is 1. The molecular weight excluding hydrogens is 597 g/mol. The molecule has 5 rings (SSSR count). The van der Waals surface area contributed by atoms with Gasteiger partial charge in [-0.15, -0.1) is 0 Å². The van der Waals surface area contributed by atoms with Crippen molar-refractivity contribution in [3.05, 3.63) is 81.6 Å². The predicted octanol–water partition coefficient (Wildman–Crippen LogP) is 7.79. The summed E-state index contributed by atoms with van der Waals surface area (Å²) in [5.41, 5.74) is 3.31. The van der Waals surface area contributed by atoms with Gasteiger partial charge in [0.1, 0.15) is 17.8 Å². The van der Waals surface area contributed by atoms with Crippen LogP contribution < -0.4 is 14.5 Å². The number of alkyl halides is 3. The van der Waals surface area contributed by atoms with E-state index in [0.717, 1.165) is 39.2 Å². The number of piperidine rings is 1. The summed E-state index contributed by atoms with van der Waals surface area (Å²) in [6.07, 6.45) is -3.75. The molecule has 1 saturated heterocycles. The predicted molar refractivity (Wildman–Crippen MR) is 162 cm³/mol. The number of carbonyl (C=O) groups excluding carboxylic acids is 1. The fraction of sp³-hybridized carbons (Fsp3) is 0.406. The van der Waals surface area contributed by atoms with E-state index in [4.69, 9.17) is 16.3 Å². The number of hydrogen-bond acceptors (Lipinski definition) is 5. The van der Waals surface area contributed by atoms with Crippen molar-refractivity contribution >= 4 is 35.2 Å². The SMILES string of the molecule is Cc1cc(N2CCC([N+](C)(C(=O)N(C)c3ccc(Cl)cc3C(F)(F)F)C3CCc4ccc(OC(=O)O)cc43)CC2)cc(C)n1. The number of anilines is 2.